The van der Waals surface area contributed by atoms with Crippen molar-refractivity contribution in [3.63, 3.8) is 0 Å². The van der Waals surface area contributed by atoms with E-state index in [0.29, 0.717) is 22.9 Å². The van der Waals surface area contributed by atoms with Gasteiger partial charge >= 0.3 is 0 Å². The maximum absolute atomic E-state index is 6.40. The lowest BCUT2D eigenvalue weighted by molar-refractivity contribution is -0.145. The molecule has 0 amide bonds. The Bertz CT molecular complexity index is 785. The third-order valence-electron chi connectivity index (χ3n) is 10.0. The zero-order valence-electron chi connectivity index (χ0n) is 19.0. The fraction of sp³-hybridized carbons (Fsp3) is 0.741. The summed E-state index contributed by atoms with van der Waals surface area (Å²) in [5.74, 6) is 2.26. The Morgan fingerprint density at radius 2 is 1.71 bits per heavy atom. The van der Waals surface area contributed by atoms with E-state index < -0.39 is 0 Å². The molecule has 2 unspecified atom stereocenters. The summed E-state index contributed by atoms with van der Waals surface area (Å²) >= 11 is 12.7. The molecular weight excluding hydrogens is 420 g/mol. The summed E-state index contributed by atoms with van der Waals surface area (Å²) in [7, 11) is 0. The molecule has 0 aromatic heterocycles. The Kier molecular flexibility index (Phi) is 5.93. The zero-order chi connectivity index (χ0) is 21.7. The van der Waals surface area contributed by atoms with Crippen molar-refractivity contribution in [3.8, 4) is 0 Å². The molecule has 5 saturated carbocycles. The summed E-state index contributed by atoms with van der Waals surface area (Å²) in [6, 6.07) is 12.3. The summed E-state index contributed by atoms with van der Waals surface area (Å²) in [4.78, 5) is 1.18. The summed E-state index contributed by atoms with van der Waals surface area (Å²) in [6.07, 6.45) is 13.4. The topological polar surface area (TPSA) is 38.0 Å². The predicted molar refractivity (Wildman–Crippen MR) is 135 cm³/mol. The van der Waals surface area contributed by atoms with Crippen LogP contribution >= 0.6 is 23.8 Å². The molecule has 4 heteroatoms. The molecule has 1 aromatic carbocycles. The van der Waals surface area contributed by atoms with E-state index in [9.17, 15) is 0 Å². The van der Waals surface area contributed by atoms with Crippen molar-refractivity contribution in [2.24, 2.45) is 28.4 Å². The van der Waals surface area contributed by atoms with E-state index in [4.69, 9.17) is 29.6 Å². The lowest BCUT2D eigenvalue weighted by Gasteiger charge is -2.70. The maximum atomic E-state index is 6.40. The average molecular weight is 459 g/mol. The highest BCUT2D eigenvalue weighted by atomic mass is 35.5. The summed E-state index contributed by atoms with van der Waals surface area (Å²) in [5.41, 5.74) is 8.58. The molecule has 2 nitrogen and oxygen atoms in total. The van der Waals surface area contributed by atoms with Crippen LogP contribution in [0.1, 0.15) is 83.1 Å². The number of alkyl halides is 1. The minimum absolute atomic E-state index is 0.168. The number of nitrogens with two attached hydrogens (primary N) is 1. The first-order valence-electron chi connectivity index (χ1n) is 12.6. The molecule has 3 N–H and O–H groups in total. The first-order chi connectivity index (χ1) is 15.0. The number of thiocarbonyl (C=S) groups is 1. The standard InChI is InChI=1S/C27H39ClN2S/c1-2-27(12-13-28)20-14-25(19-6-4-3-5-7-19)15-21(27)17-26(16-20,18-25)24(31)30-23-10-8-22(29)9-11-23/h3-7,20-23H,2,8-18,29H2,1H3,(H,30,31). The molecule has 1 aromatic rings. The first kappa shape index (κ1) is 22.2. The molecule has 5 aliphatic carbocycles. The summed E-state index contributed by atoms with van der Waals surface area (Å²) in [5, 5.41) is 3.89. The highest BCUT2D eigenvalue weighted by Gasteiger charge is 2.66. The first-order valence-corrected chi connectivity index (χ1v) is 13.6. The van der Waals surface area contributed by atoms with Crippen molar-refractivity contribution in [2.75, 3.05) is 5.88 Å². The molecular formula is C27H39ClN2S. The second-order valence-corrected chi connectivity index (χ2v) is 12.2. The largest absolute Gasteiger partial charge is 0.376 e. The van der Waals surface area contributed by atoms with Crippen LogP contribution < -0.4 is 11.1 Å². The van der Waals surface area contributed by atoms with Gasteiger partial charge in [0.15, 0.2) is 0 Å². The van der Waals surface area contributed by atoms with Crippen LogP contribution in [0.3, 0.4) is 0 Å². The Morgan fingerprint density at radius 1 is 1.06 bits per heavy atom. The second-order valence-electron chi connectivity index (χ2n) is 11.4. The molecule has 5 aliphatic rings. The number of hydrogen-bond acceptors (Lipinski definition) is 2. The molecule has 31 heavy (non-hydrogen) atoms. The van der Waals surface area contributed by atoms with Gasteiger partial charge in [-0.05, 0) is 98.9 Å². The van der Waals surface area contributed by atoms with Crippen LogP contribution in [0, 0.1) is 22.7 Å². The van der Waals surface area contributed by atoms with E-state index in [1.165, 1.54) is 62.8 Å². The van der Waals surface area contributed by atoms with Crippen molar-refractivity contribution >= 4 is 28.8 Å². The van der Waals surface area contributed by atoms with E-state index in [1.807, 2.05) is 0 Å². The molecule has 5 fully saturated rings. The molecule has 0 heterocycles. The van der Waals surface area contributed by atoms with Crippen LogP contribution in [-0.2, 0) is 5.41 Å². The molecule has 0 aliphatic heterocycles. The van der Waals surface area contributed by atoms with Crippen molar-refractivity contribution < 1.29 is 0 Å². The van der Waals surface area contributed by atoms with Crippen LogP contribution in [0.25, 0.3) is 0 Å². The van der Waals surface area contributed by atoms with Crippen LogP contribution in [0.5, 0.6) is 0 Å². The SMILES string of the molecule is CCC1(CCCl)C2CC3(C(=S)NC4CCC(N)CC4)CC1CC(c1ccccc1)(C2)C3. The number of hydrogen-bond donors (Lipinski definition) is 2. The van der Waals surface area contributed by atoms with Crippen molar-refractivity contribution in [3.05, 3.63) is 35.9 Å². The van der Waals surface area contributed by atoms with Crippen LogP contribution in [-0.4, -0.2) is 23.0 Å². The van der Waals surface area contributed by atoms with Crippen LogP contribution in [0.4, 0.5) is 0 Å². The molecule has 170 valence electrons. The average Bonchev–Trinajstić information content (AvgIpc) is 2.78. The van der Waals surface area contributed by atoms with Gasteiger partial charge in [-0.25, -0.2) is 0 Å². The van der Waals surface area contributed by atoms with Crippen LogP contribution in [0.2, 0.25) is 0 Å². The van der Waals surface area contributed by atoms with E-state index >= 15 is 0 Å². The van der Waals surface area contributed by atoms with Gasteiger partial charge in [-0.15, -0.1) is 11.6 Å². The Morgan fingerprint density at radius 3 is 2.29 bits per heavy atom. The third kappa shape index (κ3) is 3.58. The van der Waals surface area contributed by atoms with E-state index in [0.717, 1.165) is 30.6 Å². The van der Waals surface area contributed by atoms with E-state index in [2.05, 4.69) is 42.6 Å². The van der Waals surface area contributed by atoms with Gasteiger partial charge in [-0.1, -0.05) is 49.5 Å². The Hall–Kier alpha value is -0.640. The van der Waals surface area contributed by atoms with Gasteiger partial charge in [0.25, 0.3) is 0 Å². The highest BCUT2D eigenvalue weighted by molar-refractivity contribution is 7.80. The normalized spacial score (nSPS) is 43.7. The van der Waals surface area contributed by atoms with Crippen molar-refractivity contribution in [1.29, 1.82) is 0 Å². The maximum Gasteiger partial charge on any atom is 0.0818 e. The summed E-state index contributed by atoms with van der Waals surface area (Å²) < 4.78 is 0. The van der Waals surface area contributed by atoms with Gasteiger partial charge in [0, 0.05) is 23.4 Å². The van der Waals surface area contributed by atoms with Gasteiger partial charge < -0.3 is 11.1 Å². The van der Waals surface area contributed by atoms with Gasteiger partial charge in [0.05, 0.1) is 4.99 Å². The Balaban J connectivity index is 1.47. The van der Waals surface area contributed by atoms with Gasteiger partial charge in [0.2, 0.25) is 0 Å². The van der Waals surface area contributed by atoms with Crippen LogP contribution in [0.15, 0.2) is 30.3 Å². The number of nitrogens with one attached hydrogen (secondary N) is 1. The molecule has 0 radical (unpaired) electrons. The molecule has 2 atom stereocenters. The fourth-order valence-corrected chi connectivity index (χ4v) is 9.37. The molecule has 4 bridgehead atoms. The highest BCUT2D eigenvalue weighted by Crippen LogP contribution is 2.73. The quantitative estimate of drug-likeness (QED) is 0.385. The van der Waals surface area contributed by atoms with E-state index in [1.54, 1.807) is 5.56 Å². The lowest BCUT2D eigenvalue weighted by atomic mass is 9.35. The molecule has 0 saturated heterocycles. The molecule has 0 spiro atoms. The third-order valence-corrected chi connectivity index (χ3v) is 10.8. The fourth-order valence-electron chi connectivity index (χ4n) is 8.62. The van der Waals surface area contributed by atoms with Gasteiger partial charge in [-0.3, -0.25) is 0 Å². The molecule has 6 rings (SSSR count). The second kappa shape index (κ2) is 8.29. The predicted octanol–water partition coefficient (Wildman–Crippen LogP) is 6.35. The summed E-state index contributed by atoms with van der Waals surface area (Å²) in [6.45, 7) is 2.42. The van der Waals surface area contributed by atoms with Gasteiger partial charge in [-0.2, -0.15) is 0 Å². The lowest BCUT2D eigenvalue weighted by Crippen LogP contribution is -2.65. The number of halogens is 1. The minimum Gasteiger partial charge on any atom is -0.376 e. The minimum atomic E-state index is 0.168. The monoisotopic (exact) mass is 458 g/mol. The number of benzene rings is 1. The van der Waals surface area contributed by atoms with Crippen molar-refractivity contribution in [1.82, 2.24) is 5.32 Å². The van der Waals surface area contributed by atoms with Gasteiger partial charge in [0.1, 0.15) is 0 Å². The Labute approximate surface area is 199 Å². The zero-order valence-corrected chi connectivity index (χ0v) is 20.6. The number of rotatable bonds is 6. The smallest absolute Gasteiger partial charge is 0.0818 e. The van der Waals surface area contributed by atoms with Crippen molar-refractivity contribution in [2.45, 2.75) is 95.1 Å². The van der Waals surface area contributed by atoms with E-state index in [-0.39, 0.29) is 5.41 Å².